The van der Waals surface area contributed by atoms with E-state index in [1.807, 2.05) is 0 Å². The first-order chi connectivity index (χ1) is 8.66. The SMILES string of the molecule is Cc1cc(CN(C)C(=O)C(C)S(=O)(=O)C(C)C)no1. The van der Waals surface area contributed by atoms with E-state index in [1.165, 1.54) is 11.8 Å². The van der Waals surface area contributed by atoms with Gasteiger partial charge < -0.3 is 9.42 Å². The Morgan fingerprint density at radius 2 is 2.00 bits per heavy atom. The molecule has 0 saturated carbocycles. The maximum atomic E-state index is 12.1. The molecule has 1 amide bonds. The third-order valence-electron chi connectivity index (χ3n) is 2.95. The highest BCUT2D eigenvalue weighted by atomic mass is 32.2. The third-order valence-corrected chi connectivity index (χ3v) is 5.45. The van der Waals surface area contributed by atoms with Crippen LogP contribution in [0.2, 0.25) is 0 Å². The molecule has 0 saturated heterocycles. The first-order valence-corrected chi connectivity index (χ1v) is 7.67. The highest BCUT2D eigenvalue weighted by Gasteiger charge is 2.32. The van der Waals surface area contributed by atoms with Crippen LogP contribution in [0, 0.1) is 6.92 Å². The lowest BCUT2D eigenvalue weighted by Crippen LogP contribution is -2.41. The van der Waals surface area contributed by atoms with E-state index in [1.54, 1.807) is 33.9 Å². The van der Waals surface area contributed by atoms with Crippen molar-refractivity contribution in [2.75, 3.05) is 7.05 Å². The van der Waals surface area contributed by atoms with Gasteiger partial charge in [-0.3, -0.25) is 4.79 Å². The summed E-state index contributed by atoms with van der Waals surface area (Å²) >= 11 is 0. The molecule has 1 aromatic rings. The molecule has 0 aliphatic carbocycles. The summed E-state index contributed by atoms with van der Waals surface area (Å²) in [5.41, 5.74) is 0.600. The van der Waals surface area contributed by atoms with Crippen LogP contribution in [0.1, 0.15) is 32.2 Å². The Kier molecular flexibility index (Phi) is 4.73. The molecule has 0 spiro atoms. The van der Waals surface area contributed by atoms with E-state index in [4.69, 9.17) is 4.52 Å². The van der Waals surface area contributed by atoms with Gasteiger partial charge in [0.2, 0.25) is 5.91 Å². The van der Waals surface area contributed by atoms with Gasteiger partial charge in [0, 0.05) is 13.1 Å². The average Bonchev–Trinajstić information content (AvgIpc) is 2.72. The fraction of sp³-hybridized carbons (Fsp3) is 0.667. The molecule has 6 nitrogen and oxygen atoms in total. The molecule has 0 fully saturated rings. The Morgan fingerprint density at radius 1 is 1.42 bits per heavy atom. The minimum Gasteiger partial charge on any atom is -0.361 e. The predicted molar refractivity (Wildman–Crippen MR) is 71.2 cm³/mol. The molecule has 0 aliphatic rings. The summed E-state index contributed by atoms with van der Waals surface area (Å²) in [6, 6.07) is 1.71. The van der Waals surface area contributed by atoms with Gasteiger partial charge >= 0.3 is 0 Å². The summed E-state index contributed by atoms with van der Waals surface area (Å²) in [5, 5.41) is 2.15. The number of carbonyl (C=O) groups excluding carboxylic acids is 1. The highest BCUT2D eigenvalue weighted by Crippen LogP contribution is 2.13. The van der Waals surface area contributed by atoms with Gasteiger partial charge in [0.05, 0.1) is 11.8 Å². The highest BCUT2D eigenvalue weighted by molar-refractivity contribution is 7.93. The van der Waals surface area contributed by atoms with Crippen molar-refractivity contribution < 1.29 is 17.7 Å². The Bertz CT molecular complexity index is 548. The monoisotopic (exact) mass is 288 g/mol. The van der Waals surface area contributed by atoms with Gasteiger partial charge in [0.25, 0.3) is 0 Å². The van der Waals surface area contributed by atoms with Crippen molar-refractivity contribution in [3.63, 3.8) is 0 Å². The van der Waals surface area contributed by atoms with Gasteiger partial charge in [0.1, 0.15) is 16.7 Å². The van der Waals surface area contributed by atoms with Crippen molar-refractivity contribution in [1.82, 2.24) is 10.1 Å². The first kappa shape index (κ1) is 15.7. The minimum absolute atomic E-state index is 0.230. The molecule has 19 heavy (non-hydrogen) atoms. The van der Waals surface area contributed by atoms with Crippen LogP contribution < -0.4 is 0 Å². The molecule has 1 rings (SSSR count). The molecule has 7 heteroatoms. The Balaban J connectivity index is 2.77. The van der Waals surface area contributed by atoms with Crippen LogP contribution in [-0.2, 0) is 21.2 Å². The molecular formula is C12H20N2O4S. The number of sulfone groups is 1. The molecule has 0 radical (unpaired) electrons. The normalized spacial score (nSPS) is 13.6. The standard InChI is InChI=1S/C12H20N2O4S/c1-8(2)19(16,17)10(4)12(15)14(5)7-11-6-9(3)18-13-11/h6,8,10H,7H2,1-5H3. The fourth-order valence-corrected chi connectivity index (χ4v) is 2.95. The zero-order valence-electron chi connectivity index (χ0n) is 11.9. The van der Waals surface area contributed by atoms with Crippen molar-refractivity contribution in [3.05, 3.63) is 17.5 Å². The number of aromatic nitrogens is 1. The number of nitrogens with zero attached hydrogens (tertiary/aromatic N) is 2. The van der Waals surface area contributed by atoms with Gasteiger partial charge in [-0.15, -0.1) is 0 Å². The zero-order chi connectivity index (χ0) is 14.8. The van der Waals surface area contributed by atoms with Gasteiger partial charge in [0.15, 0.2) is 9.84 Å². The lowest BCUT2D eigenvalue weighted by molar-refractivity contribution is -0.129. The van der Waals surface area contributed by atoms with Crippen LogP contribution >= 0.6 is 0 Å². The Labute approximate surface area is 113 Å². The molecule has 1 heterocycles. The van der Waals surface area contributed by atoms with E-state index >= 15 is 0 Å². The van der Waals surface area contributed by atoms with Crippen molar-refractivity contribution in [1.29, 1.82) is 0 Å². The molecular weight excluding hydrogens is 268 g/mol. The summed E-state index contributed by atoms with van der Waals surface area (Å²) in [6.45, 7) is 6.54. The lowest BCUT2D eigenvalue weighted by Gasteiger charge is -2.21. The smallest absolute Gasteiger partial charge is 0.240 e. The largest absolute Gasteiger partial charge is 0.361 e. The second-order valence-electron chi connectivity index (χ2n) is 4.90. The van der Waals surface area contributed by atoms with Crippen LogP contribution in [0.25, 0.3) is 0 Å². The number of hydrogen-bond acceptors (Lipinski definition) is 5. The van der Waals surface area contributed by atoms with E-state index in [0.29, 0.717) is 11.5 Å². The van der Waals surface area contributed by atoms with E-state index in [-0.39, 0.29) is 6.54 Å². The van der Waals surface area contributed by atoms with Crippen molar-refractivity contribution in [3.8, 4) is 0 Å². The first-order valence-electron chi connectivity index (χ1n) is 6.06. The quantitative estimate of drug-likeness (QED) is 0.812. The van der Waals surface area contributed by atoms with Crippen molar-refractivity contribution in [2.24, 2.45) is 0 Å². The van der Waals surface area contributed by atoms with E-state index in [2.05, 4.69) is 5.16 Å². The molecule has 1 unspecified atom stereocenters. The predicted octanol–water partition coefficient (Wildman–Crippen LogP) is 1.15. The number of hydrogen-bond donors (Lipinski definition) is 0. The molecule has 0 aliphatic heterocycles. The van der Waals surface area contributed by atoms with E-state index < -0.39 is 26.2 Å². The van der Waals surface area contributed by atoms with Crippen molar-refractivity contribution >= 4 is 15.7 Å². The number of amides is 1. The maximum absolute atomic E-state index is 12.1. The second kappa shape index (κ2) is 5.73. The van der Waals surface area contributed by atoms with Gasteiger partial charge in [-0.2, -0.15) is 0 Å². The third kappa shape index (κ3) is 3.56. The average molecular weight is 288 g/mol. The van der Waals surface area contributed by atoms with Gasteiger partial charge in [-0.25, -0.2) is 8.42 Å². The number of aryl methyl sites for hydroxylation is 1. The second-order valence-corrected chi connectivity index (χ2v) is 7.73. The van der Waals surface area contributed by atoms with Crippen LogP contribution in [0.4, 0.5) is 0 Å². The lowest BCUT2D eigenvalue weighted by atomic mass is 10.3. The summed E-state index contributed by atoms with van der Waals surface area (Å²) in [5.74, 6) is 0.216. The number of rotatable bonds is 5. The summed E-state index contributed by atoms with van der Waals surface area (Å²) < 4.78 is 28.8. The summed E-state index contributed by atoms with van der Waals surface area (Å²) in [4.78, 5) is 13.4. The summed E-state index contributed by atoms with van der Waals surface area (Å²) in [6.07, 6.45) is 0. The van der Waals surface area contributed by atoms with Crippen LogP contribution in [0.5, 0.6) is 0 Å². The van der Waals surface area contributed by atoms with Crippen LogP contribution in [-0.4, -0.2) is 41.9 Å². The molecule has 108 valence electrons. The van der Waals surface area contributed by atoms with Crippen LogP contribution in [0.15, 0.2) is 10.6 Å². The fourth-order valence-electron chi connectivity index (χ4n) is 1.67. The Hall–Kier alpha value is -1.37. The Morgan fingerprint density at radius 3 is 2.42 bits per heavy atom. The molecule has 1 aromatic heterocycles. The molecule has 1 atom stereocenters. The molecule has 0 aromatic carbocycles. The maximum Gasteiger partial charge on any atom is 0.240 e. The summed E-state index contributed by atoms with van der Waals surface area (Å²) in [7, 11) is -1.89. The number of carbonyl (C=O) groups is 1. The minimum atomic E-state index is -3.44. The van der Waals surface area contributed by atoms with Gasteiger partial charge in [-0.05, 0) is 27.7 Å². The van der Waals surface area contributed by atoms with E-state index in [9.17, 15) is 13.2 Å². The van der Waals surface area contributed by atoms with E-state index in [0.717, 1.165) is 0 Å². The zero-order valence-corrected chi connectivity index (χ0v) is 12.7. The topological polar surface area (TPSA) is 80.5 Å². The van der Waals surface area contributed by atoms with Crippen molar-refractivity contribution in [2.45, 2.75) is 44.7 Å². The van der Waals surface area contributed by atoms with Crippen LogP contribution in [0.3, 0.4) is 0 Å². The van der Waals surface area contributed by atoms with Gasteiger partial charge in [-0.1, -0.05) is 5.16 Å². The molecule has 0 N–H and O–H groups in total. The molecule has 0 bridgehead atoms.